The second-order valence-corrected chi connectivity index (χ2v) is 5.77. The summed E-state index contributed by atoms with van der Waals surface area (Å²) in [7, 11) is 0. The Kier molecular flexibility index (Phi) is 2.48. The Morgan fingerprint density at radius 2 is 1.22 bits per heavy atom. The molecule has 3 saturated carbocycles. The number of hydrogen-bond donors (Lipinski definition) is 0. The van der Waals surface area contributed by atoms with Gasteiger partial charge in [-0.2, -0.15) is 0 Å². The highest BCUT2D eigenvalue weighted by molar-refractivity contribution is 5.88. The Labute approximate surface area is 107 Å². The van der Waals surface area contributed by atoms with E-state index in [0.29, 0.717) is 13.2 Å². The van der Waals surface area contributed by atoms with E-state index in [1.807, 2.05) is 13.8 Å². The molecule has 3 aliphatic rings. The lowest BCUT2D eigenvalue weighted by Crippen LogP contribution is -2.58. The molecule has 0 aliphatic heterocycles. The summed E-state index contributed by atoms with van der Waals surface area (Å²) in [6.45, 7) is 4.38. The molecule has 18 heavy (non-hydrogen) atoms. The molecule has 2 atom stereocenters. The van der Waals surface area contributed by atoms with E-state index in [9.17, 15) is 9.59 Å². The van der Waals surface area contributed by atoms with Crippen LogP contribution in [0.1, 0.15) is 39.5 Å². The number of rotatable bonds is 4. The summed E-state index contributed by atoms with van der Waals surface area (Å²) in [6, 6.07) is 0. The SMILES string of the molecule is CCOC(=O)[C@H]1[C@H](C(=O)OCC)C2(CC2)C12CC2. The molecule has 2 spiro atoms. The van der Waals surface area contributed by atoms with Crippen LogP contribution in [0, 0.1) is 22.7 Å². The first-order valence-corrected chi connectivity index (χ1v) is 6.96. The maximum absolute atomic E-state index is 12.1. The lowest BCUT2D eigenvalue weighted by molar-refractivity contribution is -0.190. The zero-order chi connectivity index (χ0) is 13.0. The third-order valence-corrected chi connectivity index (χ3v) is 5.17. The molecule has 3 aliphatic carbocycles. The molecule has 0 unspecified atom stereocenters. The lowest BCUT2D eigenvalue weighted by atomic mass is 9.50. The standard InChI is InChI=1S/C14H20O4/c1-3-17-11(15)9-10(12(16)18-4-2)14(7-8-14)13(9)5-6-13/h9-10H,3-8H2,1-2H3/t9-,10-/m1/s1. The van der Waals surface area contributed by atoms with E-state index >= 15 is 0 Å². The number of esters is 2. The molecule has 0 N–H and O–H groups in total. The molecule has 0 saturated heterocycles. The average molecular weight is 252 g/mol. The van der Waals surface area contributed by atoms with Crippen molar-refractivity contribution in [1.29, 1.82) is 0 Å². The van der Waals surface area contributed by atoms with Gasteiger partial charge in [-0.1, -0.05) is 0 Å². The summed E-state index contributed by atoms with van der Waals surface area (Å²) in [5.41, 5.74) is 0.188. The summed E-state index contributed by atoms with van der Waals surface area (Å²) in [4.78, 5) is 24.2. The Morgan fingerprint density at radius 1 is 0.889 bits per heavy atom. The molecule has 0 amide bonds. The van der Waals surface area contributed by atoms with E-state index in [4.69, 9.17) is 9.47 Å². The van der Waals surface area contributed by atoms with Gasteiger partial charge >= 0.3 is 11.9 Å². The van der Waals surface area contributed by atoms with E-state index in [0.717, 1.165) is 25.7 Å². The van der Waals surface area contributed by atoms with Crippen LogP contribution in [-0.2, 0) is 19.1 Å². The molecule has 0 heterocycles. The fourth-order valence-electron chi connectivity index (χ4n) is 4.24. The predicted octanol–water partition coefficient (Wildman–Crippen LogP) is 1.92. The number of carbonyl (C=O) groups excluding carboxylic acids is 2. The molecular weight excluding hydrogens is 232 g/mol. The van der Waals surface area contributed by atoms with Crippen LogP contribution < -0.4 is 0 Å². The predicted molar refractivity (Wildman–Crippen MR) is 63.6 cm³/mol. The highest BCUT2D eigenvalue weighted by Gasteiger charge is 2.85. The summed E-state index contributed by atoms with van der Waals surface area (Å²) in [5, 5.41) is 0. The fourth-order valence-corrected chi connectivity index (χ4v) is 4.24. The maximum Gasteiger partial charge on any atom is 0.310 e. The van der Waals surface area contributed by atoms with Gasteiger partial charge in [0.25, 0.3) is 0 Å². The van der Waals surface area contributed by atoms with E-state index in [-0.39, 0.29) is 34.6 Å². The van der Waals surface area contributed by atoms with Crippen LogP contribution in [0.15, 0.2) is 0 Å². The van der Waals surface area contributed by atoms with Crippen LogP contribution in [-0.4, -0.2) is 25.2 Å². The van der Waals surface area contributed by atoms with Crippen molar-refractivity contribution in [2.45, 2.75) is 39.5 Å². The van der Waals surface area contributed by atoms with E-state index in [2.05, 4.69) is 0 Å². The van der Waals surface area contributed by atoms with Crippen LogP contribution in [0.3, 0.4) is 0 Å². The van der Waals surface area contributed by atoms with Gasteiger partial charge in [-0.05, 0) is 50.4 Å². The molecule has 0 aromatic heterocycles. The third-order valence-electron chi connectivity index (χ3n) is 5.17. The van der Waals surface area contributed by atoms with Gasteiger partial charge in [0.1, 0.15) is 0 Å². The minimum Gasteiger partial charge on any atom is -0.466 e. The van der Waals surface area contributed by atoms with Gasteiger partial charge in [0.2, 0.25) is 0 Å². The zero-order valence-corrected chi connectivity index (χ0v) is 11.0. The number of carbonyl (C=O) groups is 2. The lowest BCUT2D eigenvalue weighted by Gasteiger charge is -2.51. The molecule has 0 aromatic carbocycles. The monoisotopic (exact) mass is 252 g/mol. The number of hydrogen-bond acceptors (Lipinski definition) is 4. The Morgan fingerprint density at radius 3 is 1.44 bits per heavy atom. The summed E-state index contributed by atoms with van der Waals surface area (Å²) in [5.74, 6) is -0.853. The van der Waals surface area contributed by atoms with Crippen LogP contribution in [0.25, 0.3) is 0 Å². The van der Waals surface area contributed by atoms with Crippen LogP contribution in [0.2, 0.25) is 0 Å². The second kappa shape index (κ2) is 3.72. The smallest absolute Gasteiger partial charge is 0.310 e. The van der Waals surface area contributed by atoms with Gasteiger partial charge in [-0.25, -0.2) is 0 Å². The van der Waals surface area contributed by atoms with Gasteiger partial charge in [0, 0.05) is 0 Å². The fraction of sp³-hybridized carbons (Fsp3) is 0.857. The van der Waals surface area contributed by atoms with Crippen molar-refractivity contribution in [3.05, 3.63) is 0 Å². The van der Waals surface area contributed by atoms with Gasteiger partial charge in [-0.15, -0.1) is 0 Å². The zero-order valence-electron chi connectivity index (χ0n) is 11.0. The van der Waals surface area contributed by atoms with Crippen molar-refractivity contribution in [3.8, 4) is 0 Å². The van der Waals surface area contributed by atoms with Crippen molar-refractivity contribution in [1.82, 2.24) is 0 Å². The molecule has 0 aromatic rings. The normalized spacial score (nSPS) is 32.8. The van der Waals surface area contributed by atoms with E-state index in [1.165, 1.54) is 0 Å². The van der Waals surface area contributed by atoms with Crippen LogP contribution in [0.4, 0.5) is 0 Å². The van der Waals surface area contributed by atoms with Crippen LogP contribution in [0.5, 0.6) is 0 Å². The molecule has 4 heteroatoms. The van der Waals surface area contributed by atoms with Gasteiger partial charge in [-0.3, -0.25) is 9.59 Å². The van der Waals surface area contributed by atoms with E-state index in [1.54, 1.807) is 0 Å². The number of fused-ring (bicyclic) bond motifs is 1. The van der Waals surface area contributed by atoms with Gasteiger partial charge < -0.3 is 9.47 Å². The molecule has 0 bridgehead atoms. The molecular formula is C14H20O4. The minimum absolute atomic E-state index is 0.0939. The van der Waals surface area contributed by atoms with Crippen molar-refractivity contribution in [2.24, 2.45) is 22.7 Å². The highest BCUT2D eigenvalue weighted by Crippen LogP contribution is 2.86. The largest absolute Gasteiger partial charge is 0.466 e. The first-order valence-electron chi connectivity index (χ1n) is 6.96. The quantitative estimate of drug-likeness (QED) is 0.717. The molecule has 3 fully saturated rings. The first kappa shape index (κ1) is 12.0. The Balaban J connectivity index is 1.82. The van der Waals surface area contributed by atoms with Gasteiger partial charge in [0.15, 0.2) is 0 Å². The van der Waals surface area contributed by atoms with Crippen molar-refractivity contribution in [3.63, 3.8) is 0 Å². The van der Waals surface area contributed by atoms with Crippen molar-refractivity contribution in [2.75, 3.05) is 13.2 Å². The maximum atomic E-state index is 12.1. The first-order chi connectivity index (χ1) is 8.63. The topological polar surface area (TPSA) is 52.6 Å². The van der Waals surface area contributed by atoms with Crippen molar-refractivity contribution < 1.29 is 19.1 Å². The Bertz CT molecular complexity index is 355. The summed E-state index contributed by atoms with van der Waals surface area (Å²) < 4.78 is 10.3. The number of ether oxygens (including phenoxy) is 2. The minimum atomic E-state index is -0.237. The second-order valence-electron chi connectivity index (χ2n) is 5.77. The highest BCUT2D eigenvalue weighted by atomic mass is 16.5. The van der Waals surface area contributed by atoms with E-state index < -0.39 is 0 Å². The Hall–Kier alpha value is -1.06. The third kappa shape index (κ3) is 1.26. The molecule has 3 rings (SSSR count). The van der Waals surface area contributed by atoms with Crippen LogP contribution >= 0.6 is 0 Å². The van der Waals surface area contributed by atoms with Crippen molar-refractivity contribution >= 4 is 11.9 Å². The summed E-state index contributed by atoms with van der Waals surface area (Å²) in [6.07, 6.45) is 4.30. The molecule has 100 valence electrons. The molecule has 4 nitrogen and oxygen atoms in total. The molecule has 0 radical (unpaired) electrons. The van der Waals surface area contributed by atoms with Gasteiger partial charge in [0.05, 0.1) is 25.0 Å². The average Bonchev–Trinajstić information content (AvgIpc) is 3.15. The summed E-state index contributed by atoms with van der Waals surface area (Å²) >= 11 is 0.